The van der Waals surface area contributed by atoms with Gasteiger partial charge in [0.05, 0.1) is 12.5 Å². The second kappa shape index (κ2) is 5.43. The molecule has 1 heterocycles. The summed E-state index contributed by atoms with van der Waals surface area (Å²) in [7, 11) is 0. The van der Waals surface area contributed by atoms with E-state index in [0.717, 1.165) is 25.1 Å². The van der Waals surface area contributed by atoms with Gasteiger partial charge in [-0.3, -0.25) is 4.79 Å². The second-order valence-electron chi connectivity index (χ2n) is 3.59. The average Bonchev–Trinajstić information content (AvgIpc) is 2.61. The molecule has 0 saturated heterocycles. The van der Waals surface area contributed by atoms with Crippen molar-refractivity contribution < 1.29 is 9.90 Å². The van der Waals surface area contributed by atoms with Crippen molar-refractivity contribution in [3.63, 3.8) is 0 Å². The van der Waals surface area contributed by atoms with Crippen LogP contribution >= 0.6 is 0 Å². The lowest BCUT2D eigenvalue weighted by molar-refractivity contribution is -0.137. The Labute approximate surface area is 88.3 Å². The van der Waals surface area contributed by atoms with Crippen molar-refractivity contribution in [3.05, 3.63) is 5.82 Å². The Hall–Kier alpha value is -1.46. The molecule has 0 spiro atoms. The van der Waals surface area contributed by atoms with Crippen LogP contribution in [0.4, 0.5) is 0 Å². The summed E-state index contributed by atoms with van der Waals surface area (Å²) in [6, 6.07) is -0.190. The number of rotatable bonds is 6. The van der Waals surface area contributed by atoms with Crippen LogP contribution in [0.2, 0.25) is 0 Å². The van der Waals surface area contributed by atoms with Crippen LogP contribution in [0.3, 0.4) is 0 Å². The third-order valence-corrected chi connectivity index (χ3v) is 2.20. The van der Waals surface area contributed by atoms with Crippen LogP contribution in [0.25, 0.3) is 0 Å². The number of hydrogen-bond donors (Lipinski definition) is 1. The monoisotopic (exact) mass is 212 g/mol. The number of aliphatic carboxylic acids is 1. The van der Waals surface area contributed by atoms with E-state index < -0.39 is 5.97 Å². The van der Waals surface area contributed by atoms with Crippen LogP contribution in [-0.2, 0) is 11.2 Å². The van der Waals surface area contributed by atoms with Crippen molar-refractivity contribution in [2.24, 2.45) is 0 Å². The quantitative estimate of drug-likeness (QED) is 0.762. The summed E-state index contributed by atoms with van der Waals surface area (Å²) in [5.41, 5.74) is 0. The van der Waals surface area contributed by atoms with Gasteiger partial charge in [0.1, 0.15) is 0 Å². The highest BCUT2D eigenvalue weighted by Gasteiger charge is 2.15. The lowest BCUT2D eigenvalue weighted by Gasteiger charge is -2.10. The molecular formula is C9H16N4O2. The fraction of sp³-hybridized carbons (Fsp3) is 0.778. The van der Waals surface area contributed by atoms with Gasteiger partial charge in [-0.05, 0) is 23.8 Å². The van der Waals surface area contributed by atoms with Gasteiger partial charge in [-0.2, -0.15) is 0 Å². The zero-order valence-electron chi connectivity index (χ0n) is 9.05. The van der Waals surface area contributed by atoms with Crippen molar-refractivity contribution in [1.82, 2.24) is 20.2 Å². The van der Waals surface area contributed by atoms with E-state index in [1.165, 1.54) is 0 Å². The van der Waals surface area contributed by atoms with Gasteiger partial charge in [0.25, 0.3) is 0 Å². The lowest BCUT2D eigenvalue weighted by Crippen LogP contribution is -2.15. The highest BCUT2D eigenvalue weighted by molar-refractivity contribution is 5.67. The van der Waals surface area contributed by atoms with E-state index in [4.69, 9.17) is 5.11 Å². The summed E-state index contributed by atoms with van der Waals surface area (Å²) in [5, 5.41) is 19.9. The van der Waals surface area contributed by atoms with Crippen molar-refractivity contribution >= 4 is 5.97 Å². The number of carboxylic acid groups (broad SMARTS) is 1. The van der Waals surface area contributed by atoms with E-state index in [1.54, 1.807) is 11.6 Å². The van der Waals surface area contributed by atoms with Gasteiger partial charge < -0.3 is 5.11 Å². The summed E-state index contributed by atoms with van der Waals surface area (Å²) in [6.45, 7) is 3.90. The highest BCUT2D eigenvalue weighted by atomic mass is 16.4. The van der Waals surface area contributed by atoms with Crippen LogP contribution in [-0.4, -0.2) is 31.3 Å². The second-order valence-corrected chi connectivity index (χ2v) is 3.59. The van der Waals surface area contributed by atoms with Gasteiger partial charge in [-0.15, -0.1) is 5.10 Å². The average molecular weight is 212 g/mol. The number of hydrogen-bond acceptors (Lipinski definition) is 4. The molecular weight excluding hydrogens is 196 g/mol. The van der Waals surface area contributed by atoms with Gasteiger partial charge >= 0.3 is 5.97 Å². The Balaban J connectivity index is 2.66. The van der Waals surface area contributed by atoms with Crippen LogP contribution in [0.1, 0.15) is 45.0 Å². The molecule has 1 atom stereocenters. The molecule has 6 heteroatoms. The molecule has 1 rings (SSSR count). The number of aromatic nitrogens is 4. The molecule has 0 aliphatic rings. The first kappa shape index (κ1) is 11.6. The highest BCUT2D eigenvalue weighted by Crippen LogP contribution is 2.11. The predicted molar refractivity (Wildman–Crippen MR) is 53.4 cm³/mol. The number of carboxylic acids is 1. The summed E-state index contributed by atoms with van der Waals surface area (Å²) in [5.74, 6) is -0.0648. The molecule has 0 fully saturated rings. The SMILES string of the molecule is CCCCc1nnnn1C(C)CC(=O)O. The molecule has 1 aromatic heterocycles. The molecule has 1 N–H and O–H groups in total. The van der Waals surface area contributed by atoms with E-state index in [1.807, 2.05) is 0 Å². The normalized spacial score (nSPS) is 12.7. The third kappa shape index (κ3) is 3.30. The Kier molecular flexibility index (Phi) is 4.20. The summed E-state index contributed by atoms with van der Waals surface area (Å²) < 4.78 is 1.60. The third-order valence-electron chi connectivity index (χ3n) is 2.20. The maximum atomic E-state index is 10.5. The largest absolute Gasteiger partial charge is 0.481 e. The van der Waals surface area contributed by atoms with Crippen LogP contribution in [0, 0.1) is 0 Å². The Morgan fingerprint density at radius 1 is 1.60 bits per heavy atom. The molecule has 1 aromatic rings. The van der Waals surface area contributed by atoms with E-state index in [-0.39, 0.29) is 12.5 Å². The first-order chi connectivity index (χ1) is 7.15. The molecule has 6 nitrogen and oxygen atoms in total. The Bertz CT molecular complexity index is 324. The molecule has 15 heavy (non-hydrogen) atoms. The molecule has 0 bridgehead atoms. The molecule has 1 unspecified atom stereocenters. The van der Waals surface area contributed by atoms with E-state index >= 15 is 0 Å². The smallest absolute Gasteiger partial charge is 0.305 e. The van der Waals surface area contributed by atoms with Crippen LogP contribution in [0.5, 0.6) is 0 Å². The zero-order chi connectivity index (χ0) is 11.3. The zero-order valence-corrected chi connectivity index (χ0v) is 9.05. The molecule has 0 amide bonds. The number of unbranched alkanes of at least 4 members (excludes halogenated alkanes) is 1. The number of carbonyl (C=O) groups is 1. The molecule has 84 valence electrons. The Morgan fingerprint density at radius 3 is 2.93 bits per heavy atom. The lowest BCUT2D eigenvalue weighted by atomic mass is 10.2. The number of aryl methyl sites for hydroxylation is 1. The van der Waals surface area contributed by atoms with E-state index in [0.29, 0.717) is 0 Å². The van der Waals surface area contributed by atoms with Crippen molar-refractivity contribution in [3.8, 4) is 0 Å². The van der Waals surface area contributed by atoms with Gasteiger partial charge in [0.15, 0.2) is 5.82 Å². The minimum atomic E-state index is -0.834. The number of tetrazole rings is 1. The molecule has 0 aromatic carbocycles. The summed E-state index contributed by atoms with van der Waals surface area (Å²) in [4.78, 5) is 10.5. The summed E-state index contributed by atoms with van der Waals surface area (Å²) in [6.07, 6.45) is 2.93. The fourth-order valence-corrected chi connectivity index (χ4v) is 1.39. The van der Waals surface area contributed by atoms with Crippen molar-refractivity contribution in [2.45, 2.75) is 45.6 Å². The van der Waals surface area contributed by atoms with Crippen molar-refractivity contribution in [1.29, 1.82) is 0 Å². The van der Waals surface area contributed by atoms with Crippen LogP contribution < -0.4 is 0 Å². The Morgan fingerprint density at radius 2 is 2.33 bits per heavy atom. The van der Waals surface area contributed by atoms with E-state index in [2.05, 4.69) is 22.4 Å². The van der Waals surface area contributed by atoms with Gasteiger partial charge in [0.2, 0.25) is 0 Å². The molecule has 0 radical (unpaired) electrons. The molecule has 0 aliphatic carbocycles. The topological polar surface area (TPSA) is 80.9 Å². The van der Waals surface area contributed by atoms with Gasteiger partial charge in [0, 0.05) is 6.42 Å². The molecule has 0 aliphatic heterocycles. The molecule has 0 saturated carbocycles. The first-order valence-corrected chi connectivity index (χ1v) is 5.13. The van der Waals surface area contributed by atoms with Crippen molar-refractivity contribution in [2.75, 3.05) is 0 Å². The number of nitrogens with zero attached hydrogens (tertiary/aromatic N) is 4. The minimum Gasteiger partial charge on any atom is -0.481 e. The summed E-state index contributed by atoms with van der Waals surface area (Å²) >= 11 is 0. The minimum absolute atomic E-state index is 0.0458. The first-order valence-electron chi connectivity index (χ1n) is 5.13. The van der Waals surface area contributed by atoms with Crippen LogP contribution in [0.15, 0.2) is 0 Å². The van der Waals surface area contributed by atoms with Gasteiger partial charge in [-0.1, -0.05) is 13.3 Å². The standard InChI is InChI=1S/C9H16N4O2/c1-3-4-5-8-10-11-12-13(8)7(2)6-9(14)15/h7H,3-6H2,1-2H3,(H,14,15). The maximum absolute atomic E-state index is 10.5. The fourth-order valence-electron chi connectivity index (χ4n) is 1.39. The van der Waals surface area contributed by atoms with E-state index in [9.17, 15) is 4.79 Å². The predicted octanol–water partition coefficient (Wildman–Crippen LogP) is 1.05. The maximum Gasteiger partial charge on any atom is 0.305 e. The van der Waals surface area contributed by atoms with Gasteiger partial charge in [-0.25, -0.2) is 4.68 Å².